The fraction of sp³-hybridized carbons (Fsp3) is 0.727. The molecule has 0 spiro atoms. The number of ether oxygens (including phenoxy) is 2. The minimum absolute atomic E-state index is 0.234. The van der Waals surface area contributed by atoms with Crippen LogP contribution in [0, 0.1) is 0 Å². The van der Waals surface area contributed by atoms with Crippen LogP contribution >= 0.6 is 11.6 Å². The second kappa shape index (κ2) is 9.99. The Bertz CT molecular complexity index is 803. The molecule has 0 radical (unpaired) electrons. The average molecular weight is 483 g/mol. The van der Waals surface area contributed by atoms with Crippen molar-refractivity contribution in [1.29, 1.82) is 0 Å². The molecule has 2 aliphatic heterocycles. The van der Waals surface area contributed by atoms with Gasteiger partial charge in [-0.3, -0.25) is 0 Å². The Labute approximate surface area is 200 Å². The fourth-order valence-electron chi connectivity index (χ4n) is 3.75. The van der Waals surface area contributed by atoms with E-state index in [0.29, 0.717) is 51.0 Å². The van der Waals surface area contributed by atoms with E-state index in [9.17, 15) is 9.59 Å². The Morgan fingerprint density at radius 2 is 1.39 bits per heavy atom. The second-order valence-electron chi connectivity index (χ2n) is 10.2. The van der Waals surface area contributed by atoms with Gasteiger partial charge in [0, 0.05) is 45.3 Å². The molecule has 0 aliphatic carbocycles. The van der Waals surface area contributed by atoms with Gasteiger partial charge >= 0.3 is 11.9 Å². The van der Waals surface area contributed by atoms with Crippen LogP contribution in [0.15, 0.2) is 6.07 Å². The third kappa shape index (κ3) is 6.91. The normalized spacial score (nSPS) is 22.2. The van der Waals surface area contributed by atoms with E-state index >= 15 is 0 Å². The molecule has 3 rings (SSSR count). The van der Waals surface area contributed by atoms with Gasteiger partial charge in [0.15, 0.2) is 0 Å². The molecule has 2 unspecified atom stereocenters. The van der Waals surface area contributed by atoms with Crippen LogP contribution in [-0.4, -0.2) is 84.5 Å². The number of carbonyl (C=O) groups is 2. The van der Waals surface area contributed by atoms with E-state index in [1.54, 1.807) is 6.07 Å². The molecule has 2 fully saturated rings. The average Bonchev–Trinajstić information content (AvgIpc) is 2.71. The molecule has 0 saturated carbocycles. The van der Waals surface area contributed by atoms with Gasteiger partial charge in [0.1, 0.15) is 34.3 Å². The highest BCUT2D eigenvalue weighted by molar-refractivity contribution is 6.29. The summed E-state index contributed by atoms with van der Waals surface area (Å²) in [6.45, 7) is 14.3. The van der Waals surface area contributed by atoms with E-state index in [1.165, 1.54) is 0 Å². The molecule has 3 heterocycles. The van der Waals surface area contributed by atoms with Crippen LogP contribution < -0.4 is 20.4 Å². The van der Waals surface area contributed by atoms with Gasteiger partial charge in [-0.1, -0.05) is 11.6 Å². The highest BCUT2D eigenvalue weighted by Crippen LogP contribution is 2.26. The number of nitrogens with one attached hydrogen (secondary N) is 2. The van der Waals surface area contributed by atoms with Crippen molar-refractivity contribution in [2.75, 3.05) is 49.1 Å². The van der Waals surface area contributed by atoms with Gasteiger partial charge in [0.25, 0.3) is 0 Å². The summed E-state index contributed by atoms with van der Waals surface area (Å²) in [5.41, 5.74) is -1.21. The zero-order valence-electron chi connectivity index (χ0n) is 20.3. The highest BCUT2D eigenvalue weighted by atomic mass is 35.5. The summed E-state index contributed by atoms with van der Waals surface area (Å²) in [5.74, 6) is 0.161. The van der Waals surface area contributed by atoms with Crippen molar-refractivity contribution in [3.05, 3.63) is 11.2 Å². The number of esters is 2. The molecule has 1 aromatic rings. The number of rotatable bonds is 4. The number of halogens is 1. The van der Waals surface area contributed by atoms with Crippen molar-refractivity contribution in [2.45, 2.75) is 64.8 Å². The fourth-order valence-corrected chi connectivity index (χ4v) is 3.93. The summed E-state index contributed by atoms with van der Waals surface area (Å²) in [6, 6.07) is 0.494. The smallest absolute Gasteiger partial charge is 0.330 e. The maximum absolute atomic E-state index is 12.9. The zero-order valence-corrected chi connectivity index (χ0v) is 21.0. The molecule has 2 atom stereocenters. The number of nitrogens with zero attached hydrogens (tertiary/aromatic N) is 4. The van der Waals surface area contributed by atoms with Crippen LogP contribution in [0.25, 0.3) is 0 Å². The van der Waals surface area contributed by atoms with Crippen molar-refractivity contribution in [2.24, 2.45) is 0 Å². The molecule has 2 aliphatic rings. The SMILES string of the molecule is CC(C)(C)OC(=O)C1CNCCN1c1cc(Cl)nc(N2CCNCC2C(=O)OC(C)(C)C)n1. The molecular formula is C22H35ClN6O4. The van der Waals surface area contributed by atoms with Crippen LogP contribution in [0.1, 0.15) is 41.5 Å². The van der Waals surface area contributed by atoms with Crippen LogP contribution in [0.5, 0.6) is 0 Å². The number of hydrogen-bond donors (Lipinski definition) is 2. The van der Waals surface area contributed by atoms with Gasteiger partial charge in [0.05, 0.1) is 0 Å². The molecule has 184 valence electrons. The Hall–Kier alpha value is -2.17. The van der Waals surface area contributed by atoms with Gasteiger partial charge < -0.3 is 29.9 Å². The number of anilines is 2. The number of aromatic nitrogens is 2. The Morgan fingerprint density at radius 3 is 1.91 bits per heavy atom. The van der Waals surface area contributed by atoms with Gasteiger partial charge in [-0.2, -0.15) is 4.98 Å². The quantitative estimate of drug-likeness (QED) is 0.482. The van der Waals surface area contributed by atoms with Crippen molar-refractivity contribution < 1.29 is 19.1 Å². The molecule has 0 bridgehead atoms. The van der Waals surface area contributed by atoms with Crippen LogP contribution in [0.2, 0.25) is 5.15 Å². The first-order valence-corrected chi connectivity index (χ1v) is 11.7. The van der Waals surface area contributed by atoms with Crippen molar-refractivity contribution in [1.82, 2.24) is 20.6 Å². The lowest BCUT2D eigenvalue weighted by atomic mass is 10.1. The number of carbonyl (C=O) groups excluding carboxylic acids is 2. The summed E-state index contributed by atoms with van der Waals surface area (Å²) < 4.78 is 11.2. The Morgan fingerprint density at radius 1 is 0.909 bits per heavy atom. The summed E-state index contributed by atoms with van der Waals surface area (Å²) >= 11 is 6.39. The van der Waals surface area contributed by atoms with Gasteiger partial charge in [-0.15, -0.1) is 0 Å². The lowest BCUT2D eigenvalue weighted by Crippen LogP contribution is -2.58. The Balaban J connectivity index is 1.90. The van der Waals surface area contributed by atoms with Crippen molar-refractivity contribution in [3.8, 4) is 0 Å². The van der Waals surface area contributed by atoms with E-state index in [0.717, 1.165) is 0 Å². The molecule has 2 saturated heterocycles. The molecule has 11 heteroatoms. The van der Waals surface area contributed by atoms with E-state index < -0.39 is 23.3 Å². The van der Waals surface area contributed by atoms with Crippen LogP contribution in [-0.2, 0) is 19.1 Å². The molecular weight excluding hydrogens is 448 g/mol. The van der Waals surface area contributed by atoms with Crippen molar-refractivity contribution >= 4 is 35.3 Å². The topological polar surface area (TPSA) is 109 Å². The summed E-state index contributed by atoms with van der Waals surface area (Å²) in [4.78, 5) is 38.6. The standard InChI is InChI=1S/C22H35ClN6O4/c1-21(2,3)32-18(30)14-12-24-7-9-28(14)17-11-16(23)26-20(27-17)29-10-8-25-13-15(29)19(31)33-22(4,5)6/h11,14-15,24-25H,7-10,12-13H2,1-6H3. The summed E-state index contributed by atoms with van der Waals surface area (Å²) in [6.07, 6.45) is 0. The van der Waals surface area contributed by atoms with E-state index in [4.69, 9.17) is 26.1 Å². The maximum Gasteiger partial charge on any atom is 0.330 e. The first kappa shape index (κ1) is 25.5. The molecule has 33 heavy (non-hydrogen) atoms. The van der Waals surface area contributed by atoms with E-state index in [1.807, 2.05) is 51.3 Å². The minimum atomic E-state index is -0.609. The molecule has 0 amide bonds. The molecule has 10 nitrogen and oxygen atoms in total. The molecule has 1 aromatic heterocycles. The summed E-state index contributed by atoms with van der Waals surface area (Å²) in [5, 5.41) is 6.70. The number of hydrogen-bond acceptors (Lipinski definition) is 10. The first-order valence-electron chi connectivity index (χ1n) is 11.3. The molecule has 0 aromatic carbocycles. The van der Waals surface area contributed by atoms with Crippen molar-refractivity contribution in [3.63, 3.8) is 0 Å². The second-order valence-corrected chi connectivity index (χ2v) is 10.6. The number of piperazine rings is 2. The minimum Gasteiger partial charge on any atom is -0.458 e. The lowest BCUT2D eigenvalue weighted by Gasteiger charge is -2.38. The maximum atomic E-state index is 12.9. The van der Waals surface area contributed by atoms with Crippen LogP contribution in [0.4, 0.5) is 11.8 Å². The third-order valence-corrected chi connectivity index (χ3v) is 5.26. The lowest BCUT2D eigenvalue weighted by molar-refractivity contribution is -0.157. The van der Waals surface area contributed by atoms with E-state index in [2.05, 4.69) is 15.6 Å². The largest absolute Gasteiger partial charge is 0.458 e. The monoisotopic (exact) mass is 482 g/mol. The van der Waals surface area contributed by atoms with Gasteiger partial charge in [0.2, 0.25) is 5.95 Å². The predicted molar refractivity (Wildman–Crippen MR) is 127 cm³/mol. The van der Waals surface area contributed by atoms with E-state index in [-0.39, 0.29) is 17.1 Å². The molecule has 2 N–H and O–H groups in total. The van der Waals surface area contributed by atoms with Gasteiger partial charge in [-0.25, -0.2) is 14.6 Å². The summed E-state index contributed by atoms with van der Waals surface area (Å²) in [7, 11) is 0. The zero-order chi connectivity index (χ0) is 24.4. The third-order valence-electron chi connectivity index (χ3n) is 5.07. The highest BCUT2D eigenvalue weighted by Gasteiger charge is 2.36. The van der Waals surface area contributed by atoms with Gasteiger partial charge in [-0.05, 0) is 41.5 Å². The Kier molecular flexibility index (Phi) is 7.70. The predicted octanol–water partition coefficient (Wildman–Crippen LogP) is 1.37. The first-order chi connectivity index (χ1) is 15.3. The van der Waals surface area contributed by atoms with Crippen LogP contribution in [0.3, 0.4) is 0 Å².